The summed E-state index contributed by atoms with van der Waals surface area (Å²) in [6.07, 6.45) is 0. The number of nitro groups is 1. The van der Waals surface area contributed by atoms with Crippen LogP contribution in [-0.2, 0) is 4.74 Å². The molecule has 0 aromatic carbocycles. The van der Waals surface area contributed by atoms with E-state index in [1.807, 2.05) is 0 Å². The molecular weight excluding hydrogens is 204 g/mol. The first kappa shape index (κ1) is 10.9. The van der Waals surface area contributed by atoms with Gasteiger partial charge in [-0.1, -0.05) is 0 Å². The minimum Gasteiger partial charge on any atom is -0.460 e. The number of pyridine rings is 1. The maximum atomic E-state index is 11.2. The molecule has 0 amide bonds. The van der Waals surface area contributed by atoms with E-state index in [4.69, 9.17) is 0 Å². The predicted octanol–water partition coefficient (Wildman–Crippen LogP) is 0.460. The first-order chi connectivity index (χ1) is 7.04. The number of nitrogens with zero attached hydrogens (tertiary/aromatic N) is 1. The first-order valence-corrected chi connectivity index (χ1v) is 4.10. The van der Waals surface area contributed by atoms with E-state index in [-0.39, 0.29) is 12.3 Å². The smallest absolute Gasteiger partial charge is 0.378 e. The largest absolute Gasteiger partial charge is 0.460 e. The Hall–Kier alpha value is -2.18. The Bertz CT molecular complexity index is 451. The fraction of sp³-hybridized carbons (Fsp3) is 0.250. The second-order valence-corrected chi connectivity index (χ2v) is 2.59. The van der Waals surface area contributed by atoms with Gasteiger partial charge >= 0.3 is 11.8 Å². The van der Waals surface area contributed by atoms with Crippen molar-refractivity contribution in [1.29, 1.82) is 0 Å². The third kappa shape index (κ3) is 2.63. The van der Waals surface area contributed by atoms with Crippen molar-refractivity contribution in [1.82, 2.24) is 4.98 Å². The minimum atomic E-state index is -0.793. The highest BCUT2D eigenvalue weighted by Gasteiger charge is 2.15. The number of aromatic nitrogens is 1. The van der Waals surface area contributed by atoms with E-state index in [0.717, 1.165) is 12.1 Å². The normalized spacial score (nSPS) is 9.67. The summed E-state index contributed by atoms with van der Waals surface area (Å²) in [5, 5.41) is 10.4. The van der Waals surface area contributed by atoms with Crippen molar-refractivity contribution in [2.45, 2.75) is 6.92 Å². The number of hydrogen-bond donors (Lipinski definition) is 1. The van der Waals surface area contributed by atoms with E-state index in [1.54, 1.807) is 6.92 Å². The average molecular weight is 212 g/mol. The van der Waals surface area contributed by atoms with Gasteiger partial charge in [0.15, 0.2) is 5.43 Å². The van der Waals surface area contributed by atoms with E-state index >= 15 is 0 Å². The molecule has 0 radical (unpaired) electrons. The topological polar surface area (TPSA) is 102 Å². The molecule has 1 aromatic heterocycles. The second-order valence-electron chi connectivity index (χ2n) is 2.59. The van der Waals surface area contributed by atoms with Crippen LogP contribution < -0.4 is 5.43 Å². The van der Waals surface area contributed by atoms with E-state index in [0.29, 0.717) is 0 Å². The Balaban J connectivity index is 3.14. The van der Waals surface area contributed by atoms with E-state index in [2.05, 4.69) is 9.72 Å². The minimum absolute atomic E-state index is 0.129. The Labute approximate surface area is 83.8 Å². The summed E-state index contributed by atoms with van der Waals surface area (Å²) in [7, 11) is 0. The third-order valence-corrected chi connectivity index (χ3v) is 1.52. The van der Waals surface area contributed by atoms with Crippen LogP contribution in [0.15, 0.2) is 16.9 Å². The zero-order chi connectivity index (χ0) is 11.4. The van der Waals surface area contributed by atoms with Crippen molar-refractivity contribution < 1.29 is 14.5 Å². The summed E-state index contributed by atoms with van der Waals surface area (Å²) in [6, 6.07) is 1.74. The van der Waals surface area contributed by atoms with Crippen molar-refractivity contribution in [3.8, 4) is 0 Å². The quantitative estimate of drug-likeness (QED) is 0.445. The van der Waals surface area contributed by atoms with Gasteiger partial charge in [0.2, 0.25) is 5.69 Å². The zero-order valence-electron chi connectivity index (χ0n) is 7.85. The Kier molecular flexibility index (Phi) is 3.17. The molecule has 0 fully saturated rings. The molecule has 7 nitrogen and oxygen atoms in total. The second kappa shape index (κ2) is 4.36. The number of ether oxygens (including phenoxy) is 1. The number of H-pyrrole nitrogens is 1. The lowest BCUT2D eigenvalue weighted by atomic mass is 10.3. The predicted molar refractivity (Wildman–Crippen MR) is 49.7 cm³/mol. The van der Waals surface area contributed by atoms with Crippen molar-refractivity contribution in [2.24, 2.45) is 0 Å². The zero-order valence-corrected chi connectivity index (χ0v) is 7.85. The lowest BCUT2D eigenvalue weighted by molar-refractivity contribution is -0.389. The molecule has 0 atom stereocenters. The molecule has 1 rings (SSSR count). The highest BCUT2D eigenvalue weighted by Crippen LogP contribution is 2.04. The molecule has 1 heterocycles. The molecule has 80 valence electrons. The van der Waals surface area contributed by atoms with Gasteiger partial charge in [-0.05, 0) is 11.8 Å². The summed E-state index contributed by atoms with van der Waals surface area (Å²) in [5.41, 5.74) is -0.848. The first-order valence-electron chi connectivity index (χ1n) is 4.10. The summed E-state index contributed by atoms with van der Waals surface area (Å²) >= 11 is 0. The van der Waals surface area contributed by atoms with Crippen molar-refractivity contribution >= 4 is 11.8 Å². The molecular formula is C8H8N2O5. The van der Waals surface area contributed by atoms with Crippen molar-refractivity contribution in [3.05, 3.63) is 38.2 Å². The number of aromatic amines is 1. The van der Waals surface area contributed by atoms with Crippen LogP contribution in [0.2, 0.25) is 0 Å². The van der Waals surface area contributed by atoms with E-state index in [1.165, 1.54) is 0 Å². The number of rotatable bonds is 3. The van der Waals surface area contributed by atoms with Crippen LogP contribution in [-0.4, -0.2) is 22.5 Å². The maximum absolute atomic E-state index is 11.2. The van der Waals surface area contributed by atoms with Crippen LogP contribution in [0.25, 0.3) is 0 Å². The van der Waals surface area contributed by atoms with Gasteiger partial charge in [0.25, 0.3) is 0 Å². The third-order valence-electron chi connectivity index (χ3n) is 1.52. The molecule has 1 N–H and O–H groups in total. The molecule has 0 saturated carbocycles. The van der Waals surface area contributed by atoms with Crippen molar-refractivity contribution in [2.75, 3.05) is 6.61 Å². The fourth-order valence-corrected chi connectivity index (χ4v) is 0.946. The molecule has 0 saturated heterocycles. The number of carbonyl (C=O) groups is 1. The van der Waals surface area contributed by atoms with Gasteiger partial charge in [-0.2, -0.15) is 0 Å². The summed E-state index contributed by atoms with van der Waals surface area (Å²) in [4.78, 5) is 33.9. The van der Waals surface area contributed by atoms with Gasteiger partial charge in [-0.25, -0.2) is 9.78 Å². The number of esters is 1. The van der Waals surface area contributed by atoms with Gasteiger partial charge < -0.3 is 14.9 Å². The molecule has 0 unspecified atom stereocenters. The molecule has 1 aromatic rings. The molecule has 0 aliphatic heterocycles. The monoisotopic (exact) mass is 212 g/mol. The SMILES string of the molecule is CCOC(=O)c1cc(=O)cc([N+](=O)[O-])[nH]1. The fourth-order valence-electron chi connectivity index (χ4n) is 0.946. The van der Waals surface area contributed by atoms with Gasteiger partial charge in [0, 0.05) is 6.07 Å². The van der Waals surface area contributed by atoms with Crippen LogP contribution in [0.3, 0.4) is 0 Å². The number of carbonyl (C=O) groups excluding carboxylic acids is 1. The summed E-state index contributed by atoms with van der Waals surface area (Å²) < 4.78 is 4.59. The number of nitrogens with one attached hydrogen (secondary N) is 1. The standard InChI is InChI=1S/C8H8N2O5/c1-2-15-8(12)6-3-5(11)4-7(9-6)10(13)14/h3-4H,2H2,1H3,(H,9,11). The van der Waals surface area contributed by atoms with E-state index < -0.39 is 22.1 Å². The molecule has 0 aliphatic rings. The Morgan fingerprint density at radius 2 is 2.27 bits per heavy atom. The van der Waals surface area contributed by atoms with Crippen LogP contribution in [0.4, 0.5) is 5.82 Å². The van der Waals surface area contributed by atoms with Gasteiger partial charge in [-0.3, -0.25) is 4.79 Å². The summed E-state index contributed by atoms with van der Waals surface area (Å²) in [5.74, 6) is -1.33. The molecule has 15 heavy (non-hydrogen) atoms. The molecule has 7 heteroatoms. The number of hydrogen-bond acceptors (Lipinski definition) is 5. The van der Waals surface area contributed by atoms with Crippen LogP contribution in [0.5, 0.6) is 0 Å². The average Bonchev–Trinajstić information content (AvgIpc) is 2.17. The highest BCUT2D eigenvalue weighted by atomic mass is 16.6. The Morgan fingerprint density at radius 1 is 1.60 bits per heavy atom. The molecule has 0 spiro atoms. The highest BCUT2D eigenvalue weighted by molar-refractivity contribution is 5.87. The Morgan fingerprint density at radius 3 is 2.80 bits per heavy atom. The summed E-state index contributed by atoms with van der Waals surface area (Å²) in [6.45, 7) is 1.72. The molecule has 0 aliphatic carbocycles. The lowest BCUT2D eigenvalue weighted by Gasteiger charge is -1.99. The van der Waals surface area contributed by atoms with Crippen LogP contribution >= 0.6 is 0 Å². The van der Waals surface area contributed by atoms with Crippen molar-refractivity contribution in [3.63, 3.8) is 0 Å². The van der Waals surface area contributed by atoms with E-state index in [9.17, 15) is 19.7 Å². The van der Waals surface area contributed by atoms with Crippen LogP contribution in [0, 0.1) is 10.1 Å². The van der Waals surface area contributed by atoms with Crippen LogP contribution in [0.1, 0.15) is 17.4 Å². The molecule has 0 bridgehead atoms. The van der Waals surface area contributed by atoms with Gasteiger partial charge in [0.1, 0.15) is 0 Å². The van der Waals surface area contributed by atoms with Gasteiger partial charge in [-0.15, -0.1) is 0 Å². The van der Waals surface area contributed by atoms with Gasteiger partial charge in [0.05, 0.1) is 12.7 Å². The lowest BCUT2D eigenvalue weighted by Crippen LogP contribution is -2.13. The maximum Gasteiger partial charge on any atom is 0.378 e.